The normalized spacial score (nSPS) is 11.2. The number of nitrogens with zero attached hydrogens (tertiary/aromatic N) is 2. The molecule has 0 amide bonds. The number of fused-ring (bicyclic) bond motifs is 1. The van der Waals surface area contributed by atoms with Crippen LogP contribution in [0.15, 0.2) is 24.3 Å². The zero-order valence-corrected chi connectivity index (χ0v) is 10.2. The van der Waals surface area contributed by atoms with Crippen molar-refractivity contribution in [2.45, 2.75) is 13.8 Å². The van der Waals surface area contributed by atoms with Crippen LogP contribution in [0.5, 0.6) is 0 Å². The van der Waals surface area contributed by atoms with Gasteiger partial charge >= 0.3 is 0 Å². The number of hydrogen-bond acceptors (Lipinski definition) is 3. The molecule has 0 unspecified atom stereocenters. The first kappa shape index (κ1) is 10.4. The quantitative estimate of drug-likeness (QED) is 0.788. The summed E-state index contributed by atoms with van der Waals surface area (Å²) < 4.78 is 1.27. The smallest absolute Gasteiger partial charge is 0.186 e. The van der Waals surface area contributed by atoms with Gasteiger partial charge in [-0.25, -0.2) is 4.98 Å². The molecule has 15 heavy (non-hydrogen) atoms. The van der Waals surface area contributed by atoms with Crippen LogP contribution >= 0.6 is 11.3 Å². The van der Waals surface area contributed by atoms with Crippen LogP contribution in [-0.2, 0) is 0 Å². The molecule has 0 aliphatic heterocycles. The van der Waals surface area contributed by atoms with Crippen LogP contribution in [0.2, 0.25) is 0 Å². The summed E-state index contributed by atoms with van der Waals surface area (Å²) in [6.45, 7) is 5.51. The molecule has 0 saturated carbocycles. The first-order chi connectivity index (χ1) is 7.16. The van der Waals surface area contributed by atoms with Crippen molar-refractivity contribution in [3.63, 3.8) is 0 Å². The van der Waals surface area contributed by atoms with Crippen LogP contribution in [0.4, 0.5) is 5.13 Å². The number of thiazole rings is 1. The second-order valence-electron chi connectivity index (χ2n) is 4.24. The van der Waals surface area contributed by atoms with Crippen molar-refractivity contribution in [3.05, 3.63) is 24.3 Å². The monoisotopic (exact) mass is 220 g/mol. The lowest BCUT2D eigenvalue weighted by Gasteiger charge is -2.17. The van der Waals surface area contributed by atoms with Crippen molar-refractivity contribution in [3.8, 4) is 0 Å². The van der Waals surface area contributed by atoms with E-state index in [1.165, 1.54) is 4.70 Å². The molecule has 0 atom stereocenters. The minimum Gasteiger partial charge on any atom is -0.351 e. The number of aromatic nitrogens is 1. The van der Waals surface area contributed by atoms with E-state index in [9.17, 15) is 0 Å². The molecule has 0 saturated heterocycles. The molecule has 1 aromatic carbocycles. The van der Waals surface area contributed by atoms with Gasteiger partial charge in [0.05, 0.1) is 10.2 Å². The lowest BCUT2D eigenvalue weighted by molar-refractivity contribution is 0.638. The van der Waals surface area contributed by atoms with Gasteiger partial charge in [0.1, 0.15) is 0 Å². The highest BCUT2D eigenvalue weighted by Gasteiger charge is 2.08. The van der Waals surface area contributed by atoms with Gasteiger partial charge in [0.25, 0.3) is 0 Å². The minimum atomic E-state index is 0.669. The molecule has 0 aliphatic rings. The van der Waals surface area contributed by atoms with E-state index in [-0.39, 0.29) is 0 Å². The average molecular weight is 220 g/mol. The molecular formula is C12H16N2S. The molecule has 3 heteroatoms. The van der Waals surface area contributed by atoms with Gasteiger partial charge in [0, 0.05) is 13.6 Å². The largest absolute Gasteiger partial charge is 0.351 e. The second-order valence-corrected chi connectivity index (χ2v) is 5.25. The molecule has 0 N–H and O–H groups in total. The fraction of sp³-hybridized carbons (Fsp3) is 0.417. The number of anilines is 1. The Balaban J connectivity index is 2.28. The number of rotatable bonds is 3. The highest BCUT2D eigenvalue weighted by molar-refractivity contribution is 7.22. The van der Waals surface area contributed by atoms with Crippen molar-refractivity contribution < 1.29 is 0 Å². The third-order valence-corrected chi connectivity index (χ3v) is 3.40. The van der Waals surface area contributed by atoms with E-state index in [2.05, 4.69) is 49.0 Å². The molecule has 2 rings (SSSR count). The zero-order valence-electron chi connectivity index (χ0n) is 9.40. The van der Waals surface area contributed by atoms with Crippen LogP contribution in [0.3, 0.4) is 0 Å². The molecular weight excluding hydrogens is 204 g/mol. The van der Waals surface area contributed by atoms with Gasteiger partial charge in [-0.1, -0.05) is 37.3 Å². The Bertz CT molecular complexity index is 415. The topological polar surface area (TPSA) is 16.1 Å². The number of benzene rings is 1. The van der Waals surface area contributed by atoms with Gasteiger partial charge in [-0.2, -0.15) is 0 Å². The van der Waals surface area contributed by atoms with E-state index in [4.69, 9.17) is 0 Å². The van der Waals surface area contributed by atoms with Crippen LogP contribution in [-0.4, -0.2) is 18.6 Å². The molecule has 0 spiro atoms. The first-order valence-electron chi connectivity index (χ1n) is 5.23. The van der Waals surface area contributed by atoms with Gasteiger partial charge in [-0.05, 0) is 18.1 Å². The van der Waals surface area contributed by atoms with Crippen molar-refractivity contribution in [2.75, 3.05) is 18.5 Å². The van der Waals surface area contributed by atoms with Gasteiger partial charge in [-0.15, -0.1) is 0 Å². The fourth-order valence-electron chi connectivity index (χ4n) is 1.65. The third kappa shape index (κ3) is 2.29. The Hall–Kier alpha value is -1.09. The van der Waals surface area contributed by atoms with Gasteiger partial charge in [0.2, 0.25) is 0 Å². The predicted octanol–water partition coefficient (Wildman–Crippen LogP) is 3.39. The van der Waals surface area contributed by atoms with Crippen LogP contribution in [0, 0.1) is 5.92 Å². The maximum Gasteiger partial charge on any atom is 0.186 e. The van der Waals surface area contributed by atoms with E-state index in [1.807, 2.05) is 6.07 Å². The summed E-state index contributed by atoms with van der Waals surface area (Å²) in [5.74, 6) is 0.669. The van der Waals surface area contributed by atoms with Gasteiger partial charge in [0.15, 0.2) is 5.13 Å². The van der Waals surface area contributed by atoms with Gasteiger partial charge < -0.3 is 4.90 Å². The molecule has 80 valence electrons. The highest BCUT2D eigenvalue weighted by atomic mass is 32.1. The molecule has 0 bridgehead atoms. The Kier molecular flexibility index (Phi) is 2.91. The third-order valence-electron chi connectivity index (χ3n) is 2.25. The van der Waals surface area contributed by atoms with Crippen LogP contribution in [0.25, 0.3) is 10.2 Å². The molecule has 0 fully saturated rings. The standard InChI is InChI=1S/C12H16N2S/c1-9(2)8-14(3)12-13-10-6-4-5-7-11(10)15-12/h4-7,9H,8H2,1-3H3. The first-order valence-corrected chi connectivity index (χ1v) is 6.05. The Morgan fingerprint density at radius 2 is 2.07 bits per heavy atom. The highest BCUT2D eigenvalue weighted by Crippen LogP contribution is 2.27. The zero-order chi connectivity index (χ0) is 10.8. The SMILES string of the molecule is CC(C)CN(C)c1nc2ccccc2s1. The van der Waals surface area contributed by atoms with E-state index in [1.54, 1.807) is 11.3 Å². The summed E-state index contributed by atoms with van der Waals surface area (Å²) in [6, 6.07) is 8.29. The number of hydrogen-bond donors (Lipinski definition) is 0. The summed E-state index contributed by atoms with van der Waals surface area (Å²) in [4.78, 5) is 6.84. The van der Waals surface area contributed by atoms with E-state index in [0.717, 1.165) is 17.2 Å². The molecule has 0 aliphatic carbocycles. The minimum absolute atomic E-state index is 0.669. The van der Waals surface area contributed by atoms with Crippen LogP contribution in [0.1, 0.15) is 13.8 Å². The Morgan fingerprint density at radius 3 is 2.73 bits per heavy atom. The van der Waals surface area contributed by atoms with Crippen LogP contribution < -0.4 is 4.90 Å². The fourth-order valence-corrected chi connectivity index (χ4v) is 2.59. The van der Waals surface area contributed by atoms with Crippen molar-refractivity contribution in [1.82, 2.24) is 4.98 Å². The van der Waals surface area contributed by atoms with E-state index < -0.39 is 0 Å². The number of para-hydroxylation sites is 1. The average Bonchev–Trinajstić information content (AvgIpc) is 2.59. The lowest BCUT2D eigenvalue weighted by atomic mass is 10.2. The maximum atomic E-state index is 4.61. The second kappa shape index (κ2) is 4.19. The lowest BCUT2D eigenvalue weighted by Crippen LogP contribution is -2.22. The van der Waals surface area contributed by atoms with Gasteiger partial charge in [-0.3, -0.25) is 0 Å². The van der Waals surface area contributed by atoms with E-state index >= 15 is 0 Å². The Labute approximate surface area is 94.6 Å². The van der Waals surface area contributed by atoms with Crippen molar-refractivity contribution in [2.24, 2.45) is 5.92 Å². The van der Waals surface area contributed by atoms with Crippen molar-refractivity contribution >= 4 is 26.7 Å². The van der Waals surface area contributed by atoms with E-state index in [0.29, 0.717) is 5.92 Å². The summed E-state index contributed by atoms with van der Waals surface area (Å²) in [7, 11) is 2.11. The molecule has 2 aromatic rings. The maximum absolute atomic E-state index is 4.61. The summed E-state index contributed by atoms with van der Waals surface area (Å²) >= 11 is 1.76. The van der Waals surface area contributed by atoms with Crippen molar-refractivity contribution in [1.29, 1.82) is 0 Å². The molecule has 2 nitrogen and oxygen atoms in total. The Morgan fingerprint density at radius 1 is 1.33 bits per heavy atom. The predicted molar refractivity (Wildman–Crippen MR) is 67.7 cm³/mol. The summed E-state index contributed by atoms with van der Waals surface area (Å²) in [6.07, 6.45) is 0. The molecule has 1 aromatic heterocycles. The summed E-state index contributed by atoms with van der Waals surface area (Å²) in [5, 5.41) is 1.12. The molecule has 0 radical (unpaired) electrons. The summed E-state index contributed by atoms with van der Waals surface area (Å²) in [5.41, 5.74) is 1.10. The molecule has 1 heterocycles.